The van der Waals surface area contributed by atoms with Crippen LogP contribution in [-0.2, 0) is 17.6 Å². The Morgan fingerprint density at radius 1 is 1.22 bits per heavy atom. The van der Waals surface area contributed by atoms with Crippen LogP contribution in [0.1, 0.15) is 33.0 Å². The molecule has 0 saturated carbocycles. The summed E-state index contributed by atoms with van der Waals surface area (Å²) >= 11 is 1.33. The number of nitrogens with zero attached hydrogens (tertiary/aromatic N) is 1. The van der Waals surface area contributed by atoms with Crippen molar-refractivity contribution < 1.29 is 27.9 Å². The number of rotatable bonds is 2. The van der Waals surface area contributed by atoms with Gasteiger partial charge in [0.2, 0.25) is 0 Å². The van der Waals surface area contributed by atoms with E-state index in [-0.39, 0.29) is 6.54 Å². The number of fused-ring (bicyclic) bond motifs is 1. The number of carbonyl (C=O) groups excluding carboxylic acids is 1. The number of carboxylic acids is 1. The smallest absolute Gasteiger partial charge is 0.394 e. The Morgan fingerprint density at radius 3 is 2.48 bits per heavy atom. The van der Waals surface area contributed by atoms with Crippen molar-refractivity contribution in [3.63, 3.8) is 0 Å². The molecule has 1 fully saturated rings. The summed E-state index contributed by atoms with van der Waals surface area (Å²) in [5.41, 5.74) is 1.10. The molecule has 2 aliphatic rings. The van der Waals surface area contributed by atoms with E-state index in [2.05, 4.69) is 0 Å². The number of likely N-dealkylation sites (tertiary alicyclic amines) is 1. The zero-order chi connectivity index (χ0) is 16.8. The van der Waals surface area contributed by atoms with Crippen LogP contribution in [0.2, 0.25) is 0 Å². The molecule has 4 nitrogen and oxygen atoms in total. The molecule has 2 atom stereocenters. The van der Waals surface area contributed by atoms with Crippen molar-refractivity contribution in [3.8, 4) is 0 Å². The van der Waals surface area contributed by atoms with E-state index in [9.17, 15) is 22.8 Å². The molecule has 0 aromatic carbocycles. The predicted octanol–water partition coefficient (Wildman–Crippen LogP) is 2.96. The van der Waals surface area contributed by atoms with Crippen LogP contribution in [0.15, 0.2) is 6.07 Å². The fraction of sp³-hybridized carbons (Fsp3) is 0.600. The van der Waals surface area contributed by atoms with Crippen molar-refractivity contribution in [1.82, 2.24) is 4.90 Å². The second kappa shape index (κ2) is 5.81. The van der Waals surface area contributed by atoms with Crippen molar-refractivity contribution in [1.29, 1.82) is 0 Å². The summed E-state index contributed by atoms with van der Waals surface area (Å²) in [5.74, 6) is -5.58. The maximum atomic E-state index is 13.0. The SMILES string of the molecule is O=C(O)[C@@H]1CN(C(=O)c2cc3c(s2)CCCC3)C[C@H]1C(F)(F)F. The summed E-state index contributed by atoms with van der Waals surface area (Å²) < 4.78 is 39.0. The van der Waals surface area contributed by atoms with Crippen molar-refractivity contribution in [2.45, 2.75) is 31.9 Å². The maximum absolute atomic E-state index is 13.0. The van der Waals surface area contributed by atoms with E-state index in [1.807, 2.05) is 0 Å². The highest BCUT2D eigenvalue weighted by atomic mass is 32.1. The van der Waals surface area contributed by atoms with Gasteiger partial charge in [-0.2, -0.15) is 13.2 Å². The minimum atomic E-state index is -4.62. The van der Waals surface area contributed by atoms with Gasteiger partial charge in [-0.15, -0.1) is 11.3 Å². The number of aliphatic carboxylic acids is 1. The topological polar surface area (TPSA) is 57.6 Å². The van der Waals surface area contributed by atoms with Gasteiger partial charge in [-0.25, -0.2) is 0 Å². The van der Waals surface area contributed by atoms with E-state index in [1.54, 1.807) is 6.07 Å². The fourth-order valence-electron chi connectivity index (χ4n) is 3.30. The molecule has 1 aromatic heterocycles. The molecule has 8 heteroatoms. The quantitative estimate of drug-likeness (QED) is 0.895. The number of carbonyl (C=O) groups is 2. The van der Waals surface area contributed by atoms with E-state index in [0.717, 1.165) is 41.0 Å². The zero-order valence-corrected chi connectivity index (χ0v) is 13.0. The molecule has 0 spiro atoms. The molecule has 126 valence electrons. The molecule has 0 radical (unpaired) electrons. The summed E-state index contributed by atoms with van der Waals surface area (Å²) in [6, 6.07) is 1.76. The molecule has 1 aliphatic carbocycles. The predicted molar refractivity (Wildman–Crippen MR) is 77.5 cm³/mol. The van der Waals surface area contributed by atoms with Gasteiger partial charge < -0.3 is 10.0 Å². The van der Waals surface area contributed by atoms with Crippen LogP contribution in [0.5, 0.6) is 0 Å². The van der Waals surface area contributed by atoms with E-state index < -0.39 is 36.4 Å². The van der Waals surface area contributed by atoms with Crippen LogP contribution in [0.25, 0.3) is 0 Å². The normalized spacial score (nSPS) is 24.6. The summed E-state index contributed by atoms with van der Waals surface area (Å²) in [7, 11) is 0. The van der Waals surface area contributed by atoms with Crippen LogP contribution < -0.4 is 0 Å². The number of amides is 1. The van der Waals surface area contributed by atoms with Crippen LogP contribution >= 0.6 is 11.3 Å². The van der Waals surface area contributed by atoms with Gasteiger partial charge in [0.05, 0.1) is 16.7 Å². The lowest BCUT2D eigenvalue weighted by atomic mass is 9.96. The van der Waals surface area contributed by atoms with Gasteiger partial charge in [-0.05, 0) is 37.3 Å². The average Bonchev–Trinajstić information content (AvgIpc) is 3.10. The lowest BCUT2D eigenvalue weighted by Gasteiger charge is -2.18. The van der Waals surface area contributed by atoms with Crippen molar-refractivity contribution in [2.75, 3.05) is 13.1 Å². The first-order valence-corrected chi connectivity index (χ1v) is 8.29. The summed E-state index contributed by atoms with van der Waals surface area (Å²) in [6.07, 6.45) is -0.717. The van der Waals surface area contributed by atoms with Crippen LogP contribution in [-0.4, -0.2) is 41.1 Å². The number of alkyl halides is 3. The Bertz CT molecular complexity index is 617. The Morgan fingerprint density at radius 2 is 1.91 bits per heavy atom. The van der Waals surface area contributed by atoms with Crippen molar-refractivity contribution in [2.24, 2.45) is 11.8 Å². The molecule has 3 rings (SSSR count). The Balaban J connectivity index is 1.80. The minimum Gasteiger partial charge on any atom is -0.481 e. The average molecular weight is 347 g/mol. The van der Waals surface area contributed by atoms with Gasteiger partial charge in [0, 0.05) is 18.0 Å². The second-order valence-corrected chi connectivity index (χ2v) is 7.21. The molecule has 1 aromatic rings. The number of carboxylic acid groups (broad SMARTS) is 1. The largest absolute Gasteiger partial charge is 0.481 e. The fourth-order valence-corrected chi connectivity index (χ4v) is 4.52. The standard InChI is InChI=1S/C15H16F3NO3S/c16-15(17,18)10-7-19(6-9(10)14(21)22)13(20)12-5-8-3-1-2-4-11(8)23-12/h5,9-10H,1-4,6-7H2,(H,21,22)/t9-,10-/m1/s1. The molecule has 1 amide bonds. The molecule has 2 heterocycles. The van der Waals surface area contributed by atoms with Crippen LogP contribution in [0, 0.1) is 11.8 Å². The van der Waals surface area contributed by atoms with E-state index >= 15 is 0 Å². The lowest BCUT2D eigenvalue weighted by molar-refractivity contribution is -0.187. The van der Waals surface area contributed by atoms with Gasteiger partial charge in [-0.3, -0.25) is 9.59 Å². The molecule has 1 N–H and O–H groups in total. The minimum absolute atomic E-state index is 0.388. The van der Waals surface area contributed by atoms with Gasteiger partial charge in [0.15, 0.2) is 0 Å². The first-order valence-electron chi connectivity index (χ1n) is 7.47. The highest BCUT2D eigenvalue weighted by Crippen LogP contribution is 2.39. The van der Waals surface area contributed by atoms with E-state index in [0.29, 0.717) is 4.88 Å². The van der Waals surface area contributed by atoms with Crippen LogP contribution in [0.4, 0.5) is 13.2 Å². The lowest BCUT2D eigenvalue weighted by Crippen LogP contribution is -2.34. The molecule has 1 aliphatic heterocycles. The number of thiophene rings is 1. The summed E-state index contributed by atoms with van der Waals surface area (Å²) in [5, 5.41) is 9.01. The van der Waals surface area contributed by atoms with Gasteiger partial charge in [-0.1, -0.05) is 0 Å². The van der Waals surface area contributed by atoms with Crippen molar-refractivity contribution in [3.05, 3.63) is 21.4 Å². The third kappa shape index (κ3) is 3.08. The number of hydrogen-bond acceptors (Lipinski definition) is 3. The summed E-state index contributed by atoms with van der Waals surface area (Å²) in [6.45, 7) is -0.969. The Labute approximate surface area is 134 Å². The van der Waals surface area contributed by atoms with Crippen molar-refractivity contribution >= 4 is 23.2 Å². The molecule has 0 unspecified atom stereocenters. The third-order valence-corrected chi connectivity index (χ3v) is 5.78. The zero-order valence-electron chi connectivity index (χ0n) is 12.2. The molecular formula is C15H16F3NO3S. The van der Waals surface area contributed by atoms with Crippen LogP contribution in [0.3, 0.4) is 0 Å². The molecular weight excluding hydrogens is 331 g/mol. The molecule has 23 heavy (non-hydrogen) atoms. The van der Waals surface area contributed by atoms with Gasteiger partial charge >= 0.3 is 12.1 Å². The van der Waals surface area contributed by atoms with Gasteiger partial charge in [0.1, 0.15) is 0 Å². The number of aryl methyl sites for hydroxylation is 2. The highest BCUT2D eigenvalue weighted by molar-refractivity contribution is 7.14. The Kier molecular flexibility index (Phi) is 4.12. The maximum Gasteiger partial charge on any atom is 0.394 e. The van der Waals surface area contributed by atoms with E-state index in [1.165, 1.54) is 11.3 Å². The Hall–Kier alpha value is -1.57. The molecule has 1 saturated heterocycles. The first kappa shape index (κ1) is 16.3. The molecule has 0 bridgehead atoms. The van der Waals surface area contributed by atoms with Gasteiger partial charge in [0.25, 0.3) is 5.91 Å². The number of hydrogen-bond donors (Lipinski definition) is 1. The summed E-state index contributed by atoms with van der Waals surface area (Å²) in [4.78, 5) is 26.2. The monoisotopic (exact) mass is 347 g/mol. The second-order valence-electron chi connectivity index (χ2n) is 6.07. The third-order valence-electron chi connectivity index (χ3n) is 4.55. The van der Waals surface area contributed by atoms with E-state index in [4.69, 9.17) is 5.11 Å². The highest BCUT2D eigenvalue weighted by Gasteiger charge is 2.53. The number of halogens is 3. The first-order chi connectivity index (χ1) is 10.8.